The molecule has 0 amide bonds. The molecule has 0 spiro atoms. The average molecular weight is 623 g/mol. The maximum atomic E-state index is 14.4. The second kappa shape index (κ2) is 13.7. The van der Waals surface area contributed by atoms with Crippen molar-refractivity contribution in [1.29, 1.82) is 0 Å². The first-order chi connectivity index (χ1) is 19.9. The molecule has 2 atom stereocenters. The highest BCUT2D eigenvalue weighted by Crippen LogP contribution is 2.45. The van der Waals surface area contributed by atoms with Gasteiger partial charge in [0.15, 0.2) is 0 Å². The number of rotatable bonds is 12. The van der Waals surface area contributed by atoms with Crippen molar-refractivity contribution < 1.29 is 37.3 Å². The Morgan fingerprint density at radius 3 is 2.00 bits per heavy atom. The van der Waals surface area contributed by atoms with E-state index in [0.29, 0.717) is 52.7 Å². The molecule has 228 valence electrons. The Morgan fingerprint density at radius 1 is 0.929 bits per heavy atom. The van der Waals surface area contributed by atoms with Crippen LogP contribution in [0.3, 0.4) is 0 Å². The Balaban J connectivity index is 1.96. The average Bonchev–Trinajstić information content (AvgIpc) is 3.29. The Bertz CT molecular complexity index is 1490. The molecule has 2 aromatic carbocycles. The molecule has 8 nitrogen and oxygen atoms in total. The molecule has 1 fully saturated rings. The smallest absolute Gasteiger partial charge is 0.305 e. The SMILES string of the molecule is CC(C)c1c(S(=O)(=O)N2CCSCC2)c(-c2ccc(F)cc2)c(-c2ccc(F)cc2)n1CC[C@@H](O)C[C@@H](O)CC(=O)O. The van der Waals surface area contributed by atoms with Crippen LogP contribution in [0.4, 0.5) is 8.78 Å². The second-order valence-corrected chi connectivity index (χ2v) is 13.8. The van der Waals surface area contributed by atoms with Crippen molar-refractivity contribution in [1.82, 2.24) is 8.87 Å². The molecule has 2 heterocycles. The highest BCUT2D eigenvalue weighted by Gasteiger charge is 2.37. The molecule has 42 heavy (non-hydrogen) atoms. The van der Waals surface area contributed by atoms with Gasteiger partial charge in [-0.15, -0.1) is 0 Å². The molecule has 0 aliphatic carbocycles. The van der Waals surface area contributed by atoms with Gasteiger partial charge in [-0.25, -0.2) is 17.2 Å². The number of benzene rings is 2. The molecule has 4 rings (SSSR count). The minimum absolute atomic E-state index is 0.0853. The molecule has 12 heteroatoms. The van der Waals surface area contributed by atoms with E-state index in [1.54, 1.807) is 23.9 Å². The largest absolute Gasteiger partial charge is 0.481 e. The number of aliphatic hydroxyl groups is 2. The molecule has 0 radical (unpaired) electrons. The van der Waals surface area contributed by atoms with Gasteiger partial charge in [0.1, 0.15) is 16.5 Å². The molecule has 3 aromatic rings. The van der Waals surface area contributed by atoms with Gasteiger partial charge in [-0.05, 0) is 66.3 Å². The van der Waals surface area contributed by atoms with Crippen LogP contribution in [-0.2, 0) is 21.4 Å². The first-order valence-corrected chi connectivity index (χ1v) is 16.4. The van der Waals surface area contributed by atoms with E-state index in [0.717, 1.165) is 0 Å². The minimum Gasteiger partial charge on any atom is -0.481 e. The number of sulfonamides is 1. The first kappa shape index (κ1) is 32.2. The van der Waals surface area contributed by atoms with Crippen LogP contribution in [0.5, 0.6) is 0 Å². The third-order valence-electron chi connectivity index (χ3n) is 7.26. The molecule has 0 unspecified atom stereocenters. The third kappa shape index (κ3) is 7.23. The van der Waals surface area contributed by atoms with Gasteiger partial charge in [0.05, 0.1) is 24.3 Å². The molecule has 1 aromatic heterocycles. The Morgan fingerprint density at radius 2 is 1.48 bits per heavy atom. The fourth-order valence-corrected chi connectivity index (χ4v) is 8.52. The summed E-state index contributed by atoms with van der Waals surface area (Å²) in [5.41, 5.74) is 2.34. The number of aliphatic carboxylic acids is 1. The summed E-state index contributed by atoms with van der Waals surface area (Å²) >= 11 is 1.68. The lowest BCUT2D eigenvalue weighted by molar-refractivity contribution is -0.139. The van der Waals surface area contributed by atoms with Crippen LogP contribution in [0.25, 0.3) is 22.4 Å². The van der Waals surface area contributed by atoms with Gasteiger partial charge in [-0.1, -0.05) is 26.0 Å². The van der Waals surface area contributed by atoms with Gasteiger partial charge in [0.25, 0.3) is 0 Å². The van der Waals surface area contributed by atoms with Gasteiger partial charge in [-0.3, -0.25) is 4.79 Å². The summed E-state index contributed by atoms with van der Waals surface area (Å²) in [5.74, 6) is -1.14. The lowest BCUT2D eigenvalue weighted by Crippen LogP contribution is -2.38. The molecular formula is C30H36F2N2O6S2. The number of halogens is 2. The minimum atomic E-state index is -4.05. The van der Waals surface area contributed by atoms with Gasteiger partial charge in [0.2, 0.25) is 10.0 Å². The number of carboxylic acids is 1. The van der Waals surface area contributed by atoms with Crippen molar-refractivity contribution in [2.24, 2.45) is 0 Å². The van der Waals surface area contributed by atoms with Crippen LogP contribution in [0.2, 0.25) is 0 Å². The van der Waals surface area contributed by atoms with Gasteiger partial charge in [0, 0.05) is 42.4 Å². The molecular weight excluding hydrogens is 586 g/mol. The second-order valence-electron chi connectivity index (χ2n) is 10.7. The number of carboxylic acid groups (broad SMARTS) is 1. The van der Waals surface area contributed by atoms with E-state index < -0.39 is 46.3 Å². The van der Waals surface area contributed by atoms with Crippen molar-refractivity contribution in [3.05, 3.63) is 65.9 Å². The lowest BCUT2D eigenvalue weighted by Gasteiger charge is -2.27. The highest BCUT2D eigenvalue weighted by molar-refractivity contribution is 7.99. The predicted octanol–water partition coefficient (Wildman–Crippen LogP) is 4.94. The molecule has 0 saturated carbocycles. The van der Waals surface area contributed by atoms with E-state index >= 15 is 0 Å². The van der Waals surface area contributed by atoms with Crippen LogP contribution in [0.1, 0.15) is 44.7 Å². The van der Waals surface area contributed by atoms with Gasteiger partial charge < -0.3 is 19.9 Å². The third-order valence-corrected chi connectivity index (χ3v) is 10.2. The topological polar surface area (TPSA) is 120 Å². The number of aromatic nitrogens is 1. The molecule has 3 N–H and O–H groups in total. The number of nitrogens with zero attached hydrogens (tertiary/aromatic N) is 2. The summed E-state index contributed by atoms with van der Waals surface area (Å²) in [7, 11) is -4.05. The Kier molecular flexibility index (Phi) is 10.5. The van der Waals surface area contributed by atoms with Crippen LogP contribution in [-0.4, -0.2) is 75.4 Å². The van der Waals surface area contributed by atoms with E-state index in [1.165, 1.54) is 40.7 Å². The molecule has 1 aliphatic rings. The Hall–Kier alpha value is -2.77. The van der Waals surface area contributed by atoms with E-state index in [9.17, 15) is 32.2 Å². The highest BCUT2D eigenvalue weighted by atomic mass is 32.2. The predicted molar refractivity (Wildman–Crippen MR) is 159 cm³/mol. The van der Waals surface area contributed by atoms with Crippen molar-refractivity contribution >= 4 is 27.8 Å². The van der Waals surface area contributed by atoms with E-state index in [2.05, 4.69) is 0 Å². The van der Waals surface area contributed by atoms with Crippen LogP contribution >= 0.6 is 11.8 Å². The molecule has 1 aliphatic heterocycles. The van der Waals surface area contributed by atoms with Crippen LogP contribution < -0.4 is 0 Å². The first-order valence-electron chi connectivity index (χ1n) is 13.8. The van der Waals surface area contributed by atoms with Crippen LogP contribution in [0.15, 0.2) is 53.4 Å². The zero-order valence-corrected chi connectivity index (χ0v) is 25.2. The summed E-state index contributed by atoms with van der Waals surface area (Å²) in [6.07, 6.45) is -2.91. The fraction of sp³-hybridized carbons (Fsp3) is 0.433. The van der Waals surface area contributed by atoms with Crippen molar-refractivity contribution in [3.63, 3.8) is 0 Å². The monoisotopic (exact) mass is 622 g/mol. The number of thioether (sulfide) groups is 1. The summed E-state index contributed by atoms with van der Waals surface area (Å²) in [6.45, 7) is 4.54. The standard InChI is InChI=1S/C30H36F2N2O6S2/c1-19(2)28-30(42(39,40)33-13-15-41-16-14-33)27(20-3-7-22(31)8-4-20)29(21-5-9-23(32)10-6-21)34(28)12-11-24(35)17-25(36)18-26(37)38/h3-10,19,24-25,35-36H,11-18H2,1-2H3,(H,37,38)/t24-,25-/m1/s1. The summed E-state index contributed by atoms with van der Waals surface area (Å²) in [4.78, 5) is 11.1. The van der Waals surface area contributed by atoms with Crippen molar-refractivity contribution in [2.45, 2.75) is 62.7 Å². The van der Waals surface area contributed by atoms with Gasteiger partial charge in [-0.2, -0.15) is 16.1 Å². The summed E-state index contributed by atoms with van der Waals surface area (Å²) in [6, 6.07) is 11.2. The van der Waals surface area contributed by atoms with Crippen molar-refractivity contribution in [2.75, 3.05) is 24.6 Å². The van der Waals surface area contributed by atoms with Crippen LogP contribution in [0, 0.1) is 11.6 Å². The Labute approximate surface area is 249 Å². The molecule has 1 saturated heterocycles. The number of carbonyl (C=O) groups is 1. The summed E-state index contributed by atoms with van der Waals surface area (Å²) in [5, 5.41) is 29.7. The van der Waals surface area contributed by atoms with Gasteiger partial charge >= 0.3 is 5.97 Å². The quantitative estimate of drug-likeness (QED) is 0.262. The maximum Gasteiger partial charge on any atom is 0.305 e. The number of hydrogen-bond acceptors (Lipinski definition) is 6. The zero-order chi connectivity index (χ0) is 30.6. The molecule has 0 bridgehead atoms. The van der Waals surface area contributed by atoms with E-state index in [1.807, 2.05) is 18.4 Å². The lowest BCUT2D eigenvalue weighted by atomic mass is 10.00. The zero-order valence-electron chi connectivity index (χ0n) is 23.5. The van der Waals surface area contributed by atoms with Crippen molar-refractivity contribution in [3.8, 4) is 22.4 Å². The maximum absolute atomic E-state index is 14.4. The number of aliphatic hydroxyl groups excluding tert-OH is 2. The fourth-order valence-electron chi connectivity index (χ4n) is 5.38. The number of hydrogen-bond donors (Lipinski definition) is 3. The normalized spacial score (nSPS) is 16.1. The van der Waals surface area contributed by atoms with E-state index in [-0.39, 0.29) is 30.2 Å². The summed E-state index contributed by atoms with van der Waals surface area (Å²) < 4.78 is 60.2. The van der Waals surface area contributed by atoms with E-state index in [4.69, 9.17) is 5.11 Å².